The Bertz CT molecular complexity index is 369. The fourth-order valence-electron chi connectivity index (χ4n) is 1.83. The average Bonchev–Trinajstić information content (AvgIpc) is 3.01. The molecule has 1 aliphatic rings. The van der Waals surface area contributed by atoms with Crippen LogP contribution in [0.2, 0.25) is 0 Å². The Labute approximate surface area is 90.7 Å². The van der Waals surface area contributed by atoms with Gasteiger partial charge in [0.15, 0.2) is 0 Å². The number of aryl methyl sites for hydroxylation is 1. The van der Waals surface area contributed by atoms with Crippen LogP contribution in [0.15, 0.2) is 24.3 Å². The van der Waals surface area contributed by atoms with Crippen LogP contribution in [-0.4, -0.2) is 5.91 Å². The number of carbonyl (C=O) groups is 1. The summed E-state index contributed by atoms with van der Waals surface area (Å²) in [5.74, 6) is 0.502. The van der Waals surface area contributed by atoms with Gasteiger partial charge in [0, 0.05) is 5.92 Å². The van der Waals surface area contributed by atoms with Crippen LogP contribution in [0.4, 0.5) is 0 Å². The molecule has 1 N–H and O–H groups in total. The lowest BCUT2D eigenvalue weighted by atomic mass is 10.0. The molecule has 1 atom stereocenters. The van der Waals surface area contributed by atoms with Gasteiger partial charge in [0.2, 0.25) is 5.91 Å². The summed E-state index contributed by atoms with van der Waals surface area (Å²) in [6, 6.07) is 8.32. The zero-order valence-electron chi connectivity index (χ0n) is 9.29. The number of rotatable bonds is 3. The second-order valence-corrected chi connectivity index (χ2v) is 4.36. The third kappa shape index (κ3) is 2.38. The molecule has 1 saturated carbocycles. The van der Waals surface area contributed by atoms with Crippen molar-refractivity contribution < 1.29 is 4.79 Å². The Morgan fingerprint density at radius 1 is 1.40 bits per heavy atom. The van der Waals surface area contributed by atoms with E-state index in [1.165, 1.54) is 11.1 Å². The van der Waals surface area contributed by atoms with Crippen LogP contribution in [0.1, 0.15) is 36.9 Å². The smallest absolute Gasteiger partial charge is 0.223 e. The molecule has 1 amide bonds. The van der Waals surface area contributed by atoms with Crippen molar-refractivity contribution in [3.63, 3.8) is 0 Å². The molecule has 0 radical (unpaired) electrons. The van der Waals surface area contributed by atoms with Crippen molar-refractivity contribution in [3.8, 4) is 0 Å². The Morgan fingerprint density at radius 2 is 2.07 bits per heavy atom. The lowest BCUT2D eigenvalue weighted by molar-refractivity contribution is -0.122. The van der Waals surface area contributed by atoms with E-state index in [9.17, 15) is 4.79 Å². The molecule has 0 spiro atoms. The van der Waals surface area contributed by atoms with E-state index >= 15 is 0 Å². The SMILES string of the molecule is Cc1ccccc1[C@H](C)NC(=O)C1CC1. The fraction of sp³-hybridized carbons (Fsp3) is 0.462. The Morgan fingerprint density at radius 3 is 2.67 bits per heavy atom. The Hall–Kier alpha value is -1.31. The second-order valence-electron chi connectivity index (χ2n) is 4.36. The van der Waals surface area contributed by atoms with Crippen LogP contribution in [-0.2, 0) is 4.79 Å². The van der Waals surface area contributed by atoms with E-state index in [0.717, 1.165) is 12.8 Å². The molecular weight excluding hydrogens is 186 g/mol. The molecule has 1 aromatic rings. The van der Waals surface area contributed by atoms with Gasteiger partial charge >= 0.3 is 0 Å². The number of nitrogens with one attached hydrogen (secondary N) is 1. The molecule has 0 aliphatic heterocycles. The number of carbonyl (C=O) groups excluding carboxylic acids is 1. The molecule has 2 rings (SSSR count). The molecule has 15 heavy (non-hydrogen) atoms. The van der Waals surface area contributed by atoms with Crippen molar-refractivity contribution in [1.82, 2.24) is 5.32 Å². The maximum Gasteiger partial charge on any atom is 0.223 e. The maximum absolute atomic E-state index is 11.6. The van der Waals surface area contributed by atoms with Crippen LogP contribution in [0.5, 0.6) is 0 Å². The molecular formula is C13H17NO. The Kier molecular flexibility index (Phi) is 2.76. The normalized spacial score (nSPS) is 17.2. The summed E-state index contributed by atoms with van der Waals surface area (Å²) in [5.41, 5.74) is 2.45. The van der Waals surface area contributed by atoms with Gasteiger partial charge in [0.05, 0.1) is 6.04 Å². The lowest BCUT2D eigenvalue weighted by Gasteiger charge is -2.16. The summed E-state index contributed by atoms with van der Waals surface area (Å²) in [5, 5.41) is 3.06. The minimum absolute atomic E-state index is 0.124. The van der Waals surface area contributed by atoms with Crippen LogP contribution in [0.25, 0.3) is 0 Å². The van der Waals surface area contributed by atoms with Crippen LogP contribution >= 0.6 is 0 Å². The minimum atomic E-state index is 0.124. The number of amides is 1. The summed E-state index contributed by atoms with van der Waals surface area (Å²) in [7, 11) is 0. The van der Waals surface area contributed by atoms with Gasteiger partial charge in [-0.3, -0.25) is 4.79 Å². The van der Waals surface area contributed by atoms with Crippen LogP contribution in [0, 0.1) is 12.8 Å². The number of hydrogen-bond acceptors (Lipinski definition) is 1. The molecule has 1 aromatic carbocycles. The largest absolute Gasteiger partial charge is 0.349 e. The maximum atomic E-state index is 11.6. The predicted octanol–water partition coefficient (Wildman–Crippen LogP) is 2.58. The first-order chi connectivity index (χ1) is 7.18. The van der Waals surface area contributed by atoms with Crippen LogP contribution < -0.4 is 5.32 Å². The van der Waals surface area contributed by atoms with Gasteiger partial charge in [-0.15, -0.1) is 0 Å². The highest BCUT2D eigenvalue weighted by Crippen LogP contribution is 2.30. The van der Waals surface area contributed by atoms with Crippen LogP contribution in [0.3, 0.4) is 0 Å². The molecule has 80 valence electrons. The number of hydrogen-bond donors (Lipinski definition) is 1. The van der Waals surface area contributed by atoms with Crippen molar-refractivity contribution in [2.45, 2.75) is 32.7 Å². The van der Waals surface area contributed by atoms with Crippen molar-refractivity contribution in [2.75, 3.05) is 0 Å². The lowest BCUT2D eigenvalue weighted by Crippen LogP contribution is -2.28. The highest BCUT2D eigenvalue weighted by molar-refractivity contribution is 5.81. The predicted molar refractivity (Wildman–Crippen MR) is 60.5 cm³/mol. The first-order valence-corrected chi connectivity index (χ1v) is 5.54. The second kappa shape index (κ2) is 4.05. The fourth-order valence-corrected chi connectivity index (χ4v) is 1.83. The van der Waals surface area contributed by atoms with E-state index < -0.39 is 0 Å². The molecule has 0 heterocycles. The van der Waals surface area contributed by atoms with Crippen molar-refractivity contribution in [3.05, 3.63) is 35.4 Å². The molecule has 0 aromatic heterocycles. The summed E-state index contributed by atoms with van der Waals surface area (Å²) < 4.78 is 0. The average molecular weight is 203 g/mol. The first kappa shape index (κ1) is 10.2. The van der Waals surface area contributed by atoms with Gasteiger partial charge in [-0.25, -0.2) is 0 Å². The van der Waals surface area contributed by atoms with E-state index in [0.29, 0.717) is 0 Å². The third-order valence-electron chi connectivity index (χ3n) is 2.96. The van der Waals surface area contributed by atoms with Gasteiger partial charge in [-0.2, -0.15) is 0 Å². The zero-order chi connectivity index (χ0) is 10.8. The molecule has 0 unspecified atom stereocenters. The van der Waals surface area contributed by atoms with Gasteiger partial charge in [-0.1, -0.05) is 24.3 Å². The van der Waals surface area contributed by atoms with E-state index in [-0.39, 0.29) is 17.9 Å². The standard InChI is InChI=1S/C13H17NO/c1-9-5-3-4-6-12(9)10(2)14-13(15)11-7-8-11/h3-6,10-11H,7-8H2,1-2H3,(H,14,15)/t10-/m0/s1. The molecule has 2 nitrogen and oxygen atoms in total. The van der Waals surface area contributed by atoms with Crippen molar-refractivity contribution in [2.24, 2.45) is 5.92 Å². The molecule has 1 fully saturated rings. The molecule has 1 aliphatic carbocycles. The molecule has 2 heteroatoms. The molecule has 0 saturated heterocycles. The van der Waals surface area contributed by atoms with E-state index in [1.807, 2.05) is 19.1 Å². The quantitative estimate of drug-likeness (QED) is 0.803. The van der Waals surface area contributed by atoms with Gasteiger partial charge in [0.25, 0.3) is 0 Å². The first-order valence-electron chi connectivity index (χ1n) is 5.54. The highest BCUT2D eigenvalue weighted by Gasteiger charge is 2.30. The van der Waals surface area contributed by atoms with Crippen molar-refractivity contribution >= 4 is 5.91 Å². The van der Waals surface area contributed by atoms with E-state index in [2.05, 4.69) is 24.4 Å². The minimum Gasteiger partial charge on any atom is -0.349 e. The van der Waals surface area contributed by atoms with Gasteiger partial charge < -0.3 is 5.32 Å². The van der Waals surface area contributed by atoms with Gasteiger partial charge in [0.1, 0.15) is 0 Å². The Balaban J connectivity index is 2.03. The summed E-state index contributed by atoms with van der Waals surface area (Å²) in [6.07, 6.45) is 2.12. The van der Waals surface area contributed by atoms with Gasteiger partial charge in [-0.05, 0) is 37.8 Å². The monoisotopic (exact) mass is 203 g/mol. The summed E-state index contributed by atoms with van der Waals surface area (Å²) in [4.78, 5) is 11.6. The van der Waals surface area contributed by atoms with Crippen molar-refractivity contribution in [1.29, 1.82) is 0 Å². The highest BCUT2D eigenvalue weighted by atomic mass is 16.2. The third-order valence-corrected chi connectivity index (χ3v) is 2.96. The molecule has 0 bridgehead atoms. The summed E-state index contributed by atoms with van der Waals surface area (Å²) >= 11 is 0. The topological polar surface area (TPSA) is 29.1 Å². The number of benzene rings is 1. The zero-order valence-corrected chi connectivity index (χ0v) is 9.29. The summed E-state index contributed by atoms with van der Waals surface area (Å²) in [6.45, 7) is 4.12. The van der Waals surface area contributed by atoms with E-state index in [4.69, 9.17) is 0 Å². The van der Waals surface area contributed by atoms with E-state index in [1.54, 1.807) is 0 Å².